The van der Waals surface area contributed by atoms with Gasteiger partial charge in [0.15, 0.2) is 0 Å². The second-order valence-corrected chi connectivity index (χ2v) is 5.30. The van der Waals surface area contributed by atoms with E-state index >= 15 is 0 Å². The Labute approximate surface area is 128 Å². The lowest BCUT2D eigenvalue weighted by Crippen LogP contribution is -2.34. The van der Waals surface area contributed by atoms with Crippen LogP contribution in [0, 0.1) is 0 Å². The van der Waals surface area contributed by atoms with E-state index in [2.05, 4.69) is 0 Å². The van der Waals surface area contributed by atoms with E-state index in [1.54, 1.807) is 14.0 Å². The summed E-state index contributed by atoms with van der Waals surface area (Å²) in [6, 6.07) is 11.6. The lowest BCUT2D eigenvalue weighted by molar-refractivity contribution is -0.128. The minimum Gasteiger partial charge on any atom is -0.497 e. The van der Waals surface area contributed by atoms with Crippen LogP contribution in [0.2, 0.25) is 0 Å². The van der Waals surface area contributed by atoms with Crippen LogP contribution in [-0.2, 0) is 9.53 Å². The van der Waals surface area contributed by atoms with Crippen LogP contribution in [0.1, 0.15) is 18.4 Å². The molecule has 1 aliphatic rings. The van der Waals surface area contributed by atoms with E-state index in [9.17, 15) is 9.59 Å². The SMILES string of the molecule is COc1ccc2cc([C@@H](C)C(=O)N3CCOC3=O)ccc2c1. The highest BCUT2D eigenvalue weighted by atomic mass is 16.6. The Balaban J connectivity index is 1.89. The second-order valence-electron chi connectivity index (χ2n) is 5.30. The first kappa shape index (κ1) is 14.4. The van der Waals surface area contributed by atoms with Crippen molar-refractivity contribution in [1.82, 2.24) is 4.90 Å². The van der Waals surface area contributed by atoms with Crippen LogP contribution in [0.3, 0.4) is 0 Å². The maximum atomic E-state index is 12.4. The molecule has 2 aromatic carbocycles. The van der Waals surface area contributed by atoms with Gasteiger partial charge in [-0.2, -0.15) is 0 Å². The summed E-state index contributed by atoms with van der Waals surface area (Å²) in [6.07, 6.45) is -0.553. The highest BCUT2D eigenvalue weighted by molar-refractivity contribution is 5.97. The van der Waals surface area contributed by atoms with Crippen molar-refractivity contribution in [2.24, 2.45) is 0 Å². The van der Waals surface area contributed by atoms with Crippen molar-refractivity contribution in [3.05, 3.63) is 42.0 Å². The molecule has 0 N–H and O–H groups in total. The predicted molar refractivity (Wildman–Crippen MR) is 82.0 cm³/mol. The summed E-state index contributed by atoms with van der Waals surface area (Å²) in [7, 11) is 1.63. The zero-order valence-corrected chi connectivity index (χ0v) is 12.5. The van der Waals surface area contributed by atoms with E-state index in [-0.39, 0.29) is 12.5 Å². The van der Waals surface area contributed by atoms with Crippen molar-refractivity contribution in [3.8, 4) is 5.75 Å². The Morgan fingerprint density at radius 3 is 2.64 bits per heavy atom. The number of benzene rings is 2. The fourth-order valence-electron chi connectivity index (χ4n) is 2.61. The number of ether oxygens (including phenoxy) is 2. The van der Waals surface area contributed by atoms with E-state index in [0.29, 0.717) is 6.54 Å². The first-order valence-corrected chi connectivity index (χ1v) is 7.16. The summed E-state index contributed by atoms with van der Waals surface area (Å²) in [4.78, 5) is 25.1. The zero-order valence-electron chi connectivity index (χ0n) is 12.5. The smallest absolute Gasteiger partial charge is 0.416 e. The van der Waals surface area contributed by atoms with Gasteiger partial charge in [0.05, 0.1) is 19.6 Å². The molecule has 1 fully saturated rings. The van der Waals surface area contributed by atoms with Gasteiger partial charge < -0.3 is 9.47 Å². The number of carbonyl (C=O) groups excluding carboxylic acids is 2. The molecule has 0 bridgehead atoms. The van der Waals surface area contributed by atoms with Crippen LogP contribution in [0.15, 0.2) is 36.4 Å². The molecule has 114 valence electrons. The number of carbonyl (C=O) groups is 2. The van der Waals surface area contributed by atoms with Gasteiger partial charge in [-0.05, 0) is 35.4 Å². The molecule has 2 aromatic rings. The number of hydrogen-bond acceptors (Lipinski definition) is 4. The van der Waals surface area contributed by atoms with E-state index in [4.69, 9.17) is 9.47 Å². The van der Waals surface area contributed by atoms with E-state index < -0.39 is 12.0 Å². The molecule has 1 saturated heterocycles. The highest BCUT2D eigenvalue weighted by Gasteiger charge is 2.32. The molecule has 0 saturated carbocycles. The maximum Gasteiger partial charge on any atom is 0.416 e. The summed E-state index contributed by atoms with van der Waals surface area (Å²) in [5.41, 5.74) is 0.877. The second kappa shape index (κ2) is 5.67. The molecule has 5 nitrogen and oxygen atoms in total. The largest absolute Gasteiger partial charge is 0.497 e. The fourth-order valence-corrected chi connectivity index (χ4v) is 2.61. The average Bonchev–Trinajstić information content (AvgIpc) is 2.98. The van der Waals surface area contributed by atoms with Crippen molar-refractivity contribution in [3.63, 3.8) is 0 Å². The van der Waals surface area contributed by atoms with Crippen LogP contribution in [0.4, 0.5) is 4.79 Å². The predicted octanol–water partition coefficient (Wildman–Crippen LogP) is 2.93. The Morgan fingerprint density at radius 2 is 1.95 bits per heavy atom. The van der Waals surface area contributed by atoms with Crippen LogP contribution in [0.5, 0.6) is 5.75 Å². The minimum atomic E-state index is -0.553. The molecule has 1 heterocycles. The molecular formula is C17H17NO4. The number of rotatable bonds is 3. The molecular weight excluding hydrogens is 282 g/mol. The average molecular weight is 299 g/mol. The van der Waals surface area contributed by atoms with Gasteiger partial charge in [0, 0.05) is 0 Å². The van der Waals surface area contributed by atoms with Crippen LogP contribution < -0.4 is 4.74 Å². The van der Waals surface area contributed by atoms with Crippen LogP contribution in [-0.4, -0.2) is 37.2 Å². The number of amides is 2. The standard InChI is InChI=1S/C17H17NO4/c1-11(16(19)18-7-8-22-17(18)20)12-3-4-14-10-15(21-2)6-5-13(14)9-12/h3-6,9-11H,7-8H2,1-2H3/t11-/m1/s1. The van der Waals surface area contributed by atoms with Crippen molar-refractivity contribution in [2.75, 3.05) is 20.3 Å². The minimum absolute atomic E-state index is 0.227. The summed E-state index contributed by atoms with van der Waals surface area (Å²) < 4.78 is 10.0. The third-order valence-corrected chi connectivity index (χ3v) is 3.97. The molecule has 2 amide bonds. The summed E-state index contributed by atoms with van der Waals surface area (Å²) >= 11 is 0. The van der Waals surface area contributed by atoms with E-state index in [1.165, 1.54) is 4.90 Å². The summed E-state index contributed by atoms with van der Waals surface area (Å²) in [6.45, 7) is 2.40. The summed E-state index contributed by atoms with van der Waals surface area (Å²) in [5.74, 6) is 0.178. The third-order valence-electron chi connectivity index (χ3n) is 3.97. The van der Waals surface area contributed by atoms with Gasteiger partial charge in [-0.15, -0.1) is 0 Å². The Bertz CT molecular complexity index is 741. The fraction of sp³-hybridized carbons (Fsp3) is 0.294. The Kier molecular flexibility index (Phi) is 3.71. The summed E-state index contributed by atoms with van der Waals surface area (Å²) in [5, 5.41) is 2.07. The van der Waals surface area contributed by atoms with E-state index in [1.807, 2.05) is 36.4 Å². The normalized spacial score (nSPS) is 15.7. The first-order chi connectivity index (χ1) is 10.6. The number of nitrogens with zero attached hydrogens (tertiary/aromatic N) is 1. The third kappa shape index (κ3) is 2.50. The molecule has 0 spiro atoms. The number of hydrogen-bond donors (Lipinski definition) is 0. The van der Waals surface area contributed by atoms with Gasteiger partial charge in [0.2, 0.25) is 5.91 Å². The van der Waals surface area contributed by atoms with Crippen molar-refractivity contribution in [1.29, 1.82) is 0 Å². The monoisotopic (exact) mass is 299 g/mol. The van der Waals surface area contributed by atoms with Gasteiger partial charge in [-0.1, -0.05) is 24.3 Å². The van der Waals surface area contributed by atoms with Crippen LogP contribution >= 0.6 is 0 Å². The van der Waals surface area contributed by atoms with Crippen LogP contribution in [0.25, 0.3) is 10.8 Å². The molecule has 0 radical (unpaired) electrons. The molecule has 1 atom stereocenters. The number of methoxy groups -OCH3 is 1. The van der Waals surface area contributed by atoms with Gasteiger partial charge in [-0.3, -0.25) is 4.79 Å². The molecule has 22 heavy (non-hydrogen) atoms. The molecule has 0 unspecified atom stereocenters. The van der Waals surface area contributed by atoms with E-state index in [0.717, 1.165) is 22.1 Å². The molecule has 3 rings (SSSR count). The van der Waals surface area contributed by atoms with Gasteiger partial charge >= 0.3 is 6.09 Å². The van der Waals surface area contributed by atoms with Gasteiger partial charge in [0.1, 0.15) is 12.4 Å². The van der Waals surface area contributed by atoms with Crippen molar-refractivity contribution in [2.45, 2.75) is 12.8 Å². The molecule has 1 aliphatic heterocycles. The topological polar surface area (TPSA) is 55.8 Å². The Morgan fingerprint density at radius 1 is 1.23 bits per heavy atom. The van der Waals surface area contributed by atoms with Gasteiger partial charge in [-0.25, -0.2) is 9.69 Å². The quantitative estimate of drug-likeness (QED) is 0.874. The lowest BCUT2D eigenvalue weighted by Gasteiger charge is -2.17. The molecule has 5 heteroatoms. The zero-order chi connectivity index (χ0) is 15.7. The number of cyclic esters (lactones) is 1. The van der Waals surface area contributed by atoms with Crippen molar-refractivity contribution >= 4 is 22.8 Å². The van der Waals surface area contributed by atoms with Crippen molar-refractivity contribution < 1.29 is 19.1 Å². The Hall–Kier alpha value is -2.56. The molecule has 0 aromatic heterocycles. The highest BCUT2D eigenvalue weighted by Crippen LogP contribution is 2.26. The number of imide groups is 1. The maximum absolute atomic E-state index is 12.4. The molecule has 0 aliphatic carbocycles. The number of fused-ring (bicyclic) bond motifs is 1. The lowest BCUT2D eigenvalue weighted by atomic mass is 9.96. The van der Waals surface area contributed by atoms with Gasteiger partial charge in [0.25, 0.3) is 0 Å². The first-order valence-electron chi connectivity index (χ1n) is 7.16.